The van der Waals surface area contributed by atoms with Gasteiger partial charge in [0, 0.05) is 0 Å². The van der Waals surface area contributed by atoms with Gasteiger partial charge in [-0.1, -0.05) is 30.3 Å². The lowest BCUT2D eigenvalue weighted by Gasteiger charge is -2.11. The van der Waals surface area contributed by atoms with E-state index in [0.717, 1.165) is 16.7 Å². The second-order valence-corrected chi connectivity index (χ2v) is 4.05. The van der Waals surface area contributed by atoms with Crippen molar-refractivity contribution in [3.05, 3.63) is 48.0 Å². The molecule has 0 aliphatic carbocycles. The number of rotatable bonds is 2. The van der Waals surface area contributed by atoms with Crippen LogP contribution < -0.4 is 11.1 Å². The summed E-state index contributed by atoms with van der Waals surface area (Å²) >= 11 is 0. The molecule has 18 heavy (non-hydrogen) atoms. The number of hydrogen-bond donors (Lipinski definition) is 3. The fraction of sp³-hybridized carbons (Fsp3) is 0.0714. The van der Waals surface area contributed by atoms with Gasteiger partial charge in [-0.2, -0.15) is 0 Å². The molecule has 0 spiro atoms. The van der Waals surface area contributed by atoms with Crippen LogP contribution in [-0.4, -0.2) is 11.2 Å². The van der Waals surface area contributed by atoms with Crippen molar-refractivity contribution in [2.24, 2.45) is 0 Å². The minimum atomic E-state index is -1.12. The summed E-state index contributed by atoms with van der Waals surface area (Å²) in [6, 6.07) is 13.4. The maximum atomic E-state index is 10.6. The summed E-state index contributed by atoms with van der Waals surface area (Å²) in [4.78, 5) is 10.6. The lowest BCUT2D eigenvalue weighted by atomic mass is 9.99. The molecule has 0 saturated heterocycles. The van der Waals surface area contributed by atoms with Crippen LogP contribution >= 0.6 is 0 Å². The Balaban J connectivity index is 2.46. The predicted octanol–water partition coefficient (Wildman–Crippen LogP) is 3.33. The Morgan fingerprint density at radius 3 is 2.50 bits per heavy atom. The van der Waals surface area contributed by atoms with E-state index >= 15 is 0 Å². The molecule has 0 bridgehead atoms. The molecule has 0 heterocycles. The Morgan fingerprint density at radius 2 is 1.89 bits per heavy atom. The number of carbonyl (C=O) groups is 1. The molecular formula is C14H14N2O2. The quantitative estimate of drug-likeness (QED) is 0.707. The second-order valence-electron chi connectivity index (χ2n) is 4.05. The topological polar surface area (TPSA) is 75.3 Å². The van der Waals surface area contributed by atoms with Gasteiger partial charge in [-0.25, -0.2) is 4.79 Å². The molecule has 2 rings (SSSR count). The number of nitrogen functional groups attached to an aromatic ring is 1. The van der Waals surface area contributed by atoms with Gasteiger partial charge in [-0.05, 0) is 35.7 Å². The van der Waals surface area contributed by atoms with Gasteiger partial charge in [0.25, 0.3) is 0 Å². The summed E-state index contributed by atoms with van der Waals surface area (Å²) in [6.45, 7) is 1.93. The van der Waals surface area contributed by atoms with Crippen LogP contribution in [0.4, 0.5) is 16.2 Å². The zero-order valence-electron chi connectivity index (χ0n) is 9.97. The summed E-state index contributed by atoms with van der Waals surface area (Å²) < 4.78 is 0. The SMILES string of the molecule is Cc1cc(NC(=O)O)c(N)cc1-c1ccccc1. The van der Waals surface area contributed by atoms with Crippen molar-refractivity contribution in [1.82, 2.24) is 0 Å². The highest BCUT2D eigenvalue weighted by Gasteiger charge is 2.08. The maximum Gasteiger partial charge on any atom is 0.409 e. The predicted molar refractivity (Wildman–Crippen MR) is 72.7 cm³/mol. The van der Waals surface area contributed by atoms with Crippen molar-refractivity contribution in [3.8, 4) is 11.1 Å². The van der Waals surface area contributed by atoms with Crippen LogP contribution in [0.25, 0.3) is 11.1 Å². The highest BCUT2D eigenvalue weighted by molar-refractivity contribution is 5.90. The standard InChI is InChI=1S/C14H14N2O2/c1-9-7-13(16-14(17)18)12(15)8-11(9)10-5-3-2-4-6-10/h2-8,16H,15H2,1H3,(H,17,18). The normalized spacial score (nSPS) is 10.1. The first kappa shape index (κ1) is 12.0. The molecule has 0 radical (unpaired) electrons. The molecule has 0 aromatic heterocycles. The van der Waals surface area contributed by atoms with E-state index in [-0.39, 0.29) is 0 Å². The first-order valence-electron chi connectivity index (χ1n) is 5.53. The van der Waals surface area contributed by atoms with Gasteiger partial charge in [0.2, 0.25) is 0 Å². The summed E-state index contributed by atoms with van der Waals surface area (Å²) in [5, 5.41) is 11.0. The summed E-state index contributed by atoms with van der Waals surface area (Å²) in [5.41, 5.74) is 9.72. The Morgan fingerprint density at radius 1 is 1.22 bits per heavy atom. The highest BCUT2D eigenvalue weighted by atomic mass is 16.4. The molecule has 0 unspecified atom stereocenters. The van der Waals surface area contributed by atoms with E-state index in [1.807, 2.05) is 37.3 Å². The Hall–Kier alpha value is -2.49. The third-order valence-corrected chi connectivity index (χ3v) is 2.72. The van der Waals surface area contributed by atoms with E-state index < -0.39 is 6.09 Å². The van der Waals surface area contributed by atoms with E-state index in [2.05, 4.69) is 5.32 Å². The minimum absolute atomic E-state index is 0.416. The Labute approximate surface area is 105 Å². The third-order valence-electron chi connectivity index (χ3n) is 2.72. The average Bonchev–Trinajstić information content (AvgIpc) is 2.34. The van der Waals surface area contributed by atoms with Crippen molar-refractivity contribution < 1.29 is 9.90 Å². The fourth-order valence-corrected chi connectivity index (χ4v) is 1.88. The highest BCUT2D eigenvalue weighted by Crippen LogP contribution is 2.30. The van der Waals surface area contributed by atoms with Gasteiger partial charge < -0.3 is 10.8 Å². The lowest BCUT2D eigenvalue weighted by molar-refractivity contribution is 0.210. The molecule has 2 aromatic carbocycles. The third kappa shape index (κ3) is 2.43. The molecule has 4 N–H and O–H groups in total. The zero-order valence-corrected chi connectivity index (χ0v) is 9.97. The van der Waals surface area contributed by atoms with Gasteiger partial charge in [0.1, 0.15) is 0 Å². The van der Waals surface area contributed by atoms with Crippen LogP contribution in [0.5, 0.6) is 0 Å². The van der Waals surface area contributed by atoms with Crippen molar-refractivity contribution in [1.29, 1.82) is 0 Å². The van der Waals surface area contributed by atoms with Crippen molar-refractivity contribution in [3.63, 3.8) is 0 Å². The van der Waals surface area contributed by atoms with Crippen LogP contribution in [0.2, 0.25) is 0 Å². The Bertz CT molecular complexity index is 580. The van der Waals surface area contributed by atoms with E-state index in [4.69, 9.17) is 10.8 Å². The van der Waals surface area contributed by atoms with Gasteiger partial charge >= 0.3 is 6.09 Å². The van der Waals surface area contributed by atoms with Gasteiger partial charge in [-0.15, -0.1) is 0 Å². The van der Waals surface area contributed by atoms with Crippen molar-refractivity contribution in [2.45, 2.75) is 6.92 Å². The molecule has 0 fully saturated rings. The van der Waals surface area contributed by atoms with Crippen LogP contribution in [0.15, 0.2) is 42.5 Å². The molecule has 0 atom stereocenters. The first-order chi connectivity index (χ1) is 8.58. The van der Waals surface area contributed by atoms with E-state index in [1.54, 1.807) is 12.1 Å². The molecule has 4 heteroatoms. The molecule has 92 valence electrons. The smallest absolute Gasteiger partial charge is 0.409 e. The van der Waals surface area contributed by atoms with E-state index in [9.17, 15) is 4.79 Å². The monoisotopic (exact) mass is 242 g/mol. The van der Waals surface area contributed by atoms with Gasteiger partial charge in [0.05, 0.1) is 11.4 Å². The number of nitrogens with two attached hydrogens (primary N) is 1. The number of hydrogen-bond acceptors (Lipinski definition) is 2. The van der Waals surface area contributed by atoms with E-state index in [0.29, 0.717) is 11.4 Å². The molecule has 0 aliphatic heterocycles. The number of nitrogens with one attached hydrogen (secondary N) is 1. The molecule has 0 aliphatic rings. The number of anilines is 2. The number of benzene rings is 2. The molecule has 0 saturated carbocycles. The average molecular weight is 242 g/mol. The maximum absolute atomic E-state index is 10.6. The van der Waals surface area contributed by atoms with E-state index in [1.165, 1.54) is 0 Å². The molecule has 2 aromatic rings. The van der Waals surface area contributed by atoms with Crippen molar-refractivity contribution in [2.75, 3.05) is 11.1 Å². The number of aryl methyl sites for hydroxylation is 1. The van der Waals surface area contributed by atoms with Crippen LogP contribution in [0.3, 0.4) is 0 Å². The molecule has 4 nitrogen and oxygen atoms in total. The van der Waals surface area contributed by atoms with Crippen LogP contribution in [-0.2, 0) is 0 Å². The zero-order chi connectivity index (χ0) is 13.1. The van der Waals surface area contributed by atoms with Gasteiger partial charge in [-0.3, -0.25) is 5.32 Å². The minimum Gasteiger partial charge on any atom is -0.465 e. The van der Waals surface area contributed by atoms with Crippen LogP contribution in [0, 0.1) is 6.92 Å². The summed E-state index contributed by atoms with van der Waals surface area (Å²) in [7, 11) is 0. The van der Waals surface area contributed by atoms with Crippen molar-refractivity contribution >= 4 is 17.5 Å². The molecule has 1 amide bonds. The second kappa shape index (κ2) is 4.79. The Kier molecular flexibility index (Phi) is 3.19. The number of carboxylic acid groups (broad SMARTS) is 1. The largest absolute Gasteiger partial charge is 0.465 e. The number of amides is 1. The fourth-order valence-electron chi connectivity index (χ4n) is 1.88. The summed E-state index contributed by atoms with van der Waals surface area (Å²) in [6.07, 6.45) is -1.12. The van der Waals surface area contributed by atoms with Crippen LogP contribution in [0.1, 0.15) is 5.56 Å². The molecular weight excluding hydrogens is 228 g/mol. The van der Waals surface area contributed by atoms with Gasteiger partial charge in [0.15, 0.2) is 0 Å². The summed E-state index contributed by atoms with van der Waals surface area (Å²) in [5.74, 6) is 0. The lowest BCUT2D eigenvalue weighted by Crippen LogP contribution is -2.09. The first-order valence-corrected chi connectivity index (χ1v) is 5.53.